The number of halogens is 1. The number of hydrogen-bond acceptors (Lipinski definition) is 9. The molecule has 0 radical (unpaired) electrons. The smallest absolute Gasteiger partial charge is 0.286 e. The molecule has 0 amide bonds. The Labute approximate surface area is 203 Å². The van der Waals surface area contributed by atoms with Gasteiger partial charge < -0.3 is 25.4 Å². The Kier molecular flexibility index (Phi) is 9.57. The molecule has 1 aliphatic heterocycles. The van der Waals surface area contributed by atoms with Gasteiger partial charge in [-0.3, -0.25) is 10.1 Å². The van der Waals surface area contributed by atoms with E-state index in [1.54, 1.807) is 12.1 Å². The van der Waals surface area contributed by atoms with Crippen LogP contribution in [0, 0.1) is 0 Å². The van der Waals surface area contributed by atoms with Crippen LogP contribution in [0.15, 0.2) is 48.1 Å². The fourth-order valence-corrected chi connectivity index (χ4v) is 5.53. The zero-order valence-corrected chi connectivity index (χ0v) is 20.5. The van der Waals surface area contributed by atoms with Gasteiger partial charge in [0, 0.05) is 44.9 Å². The van der Waals surface area contributed by atoms with Gasteiger partial charge in [0.05, 0.1) is 23.1 Å². The van der Waals surface area contributed by atoms with Crippen LogP contribution in [0.5, 0.6) is 0 Å². The van der Waals surface area contributed by atoms with E-state index in [1.807, 2.05) is 21.3 Å². The van der Waals surface area contributed by atoms with Crippen LogP contribution in [0.25, 0.3) is 0 Å². The summed E-state index contributed by atoms with van der Waals surface area (Å²) in [6.07, 6.45) is 3.04. The Morgan fingerprint density at radius 1 is 1.27 bits per heavy atom. The highest BCUT2D eigenvalue weighted by atomic mass is 35.5. The van der Waals surface area contributed by atoms with Gasteiger partial charge in [-0.2, -0.15) is 0 Å². The second-order valence-electron chi connectivity index (χ2n) is 8.18. The predicted octanol–water partition coefficient (Wildman–Crippen LogP) is 1.52. The number of benzene rings is 1. The molecule has 184 valence electrons. The van der Waals surface area contributed by atoms with E-state index in [1.165, 1.54) is 7.05 Å². The van der Waals surface area contributed by atoms with Crippen molar-refractivity contribution in [3.8, 4) is 0 Å². The number of nitrogens with zero attached hydrogens (tertiary/aromatic N) is 3. The number of aliphatic hydroxyl groups excluding tert-OH is 2. The first kappa shape index (κ1) is 26.0. The monoisotopic (exact) mass is 499 g/mol. The lowest BCUT2D eigenvalue weighted by Crippen LogP contribution is -2.52. The molecule has 0 aromatic heterocycles. The maximum atomic E-state index is 13.8. The van der Waals surface area contributed by atoms with Gasteiger partial charge in [-0.05, 0) is 43.4 Å². The molecule has 1 aromatic carbocycles. The Morgan fingerprint density at radius 2 is 1.94 bits per heavy atom. The number of hydroxylamine groups is 2. The van der Waals surface area contributed by atoms with Crippen molar-refractivity contribution in [3.63, 3.8) is 0 Å². The van der Waals surface area contributed by atoms with Gasteiger partial charge >= 0.3 is 0 Å². The molecule has 1 aromatic rings. The molecule has 2 unspecified atom stereocenters. The van der Waals surface area contributed by atoms with Crippen molar-refractivity contribution in [1.82, 2.24) is 24.9 Å². The highest BCUT2D eigenvalue weighted by molar-refractivity contribution is 7.89. The molecule has 1 aliphatic carbocycles. The summed E-state index contributed by atoms with van der Waals surface area (Å²) in [5, 5.41) is 36.9. The van der Waals surface area contributed by atoms with Crippen LogP contribution in [-0.4, -0.2) is 79.1 Å². The first-order valence-electron chi connectivity index (χ1n) is 11.1. The van der Waals surface area contributed by atoms with Gasteiger partial charge in [0.2, 0.25) is 0 Å². The molecule has 3 rings (SSSR count). The molecule has 1 saturated carbocycles. The Hall–Kier alpha value is -1.66. The van der Waals surface area contributed by atoms with E-state index in [2.05, 4.69) is 17.2 Å². The molecule has 33 heavy (non-hydrogen) atoms. The molecule has 1 fully saturated rings. The van der Waals surface area contributed by atoms with Crippen molar-refractivity contribution >= 4 is 23.0 Å². The van der Waals surface area contributed by atoms with E-state index in [0.29, 0.717) is 54.7 Å². The summed E-state index contributed by atoms with van der Waals surface area (Å²) in [5.41, 5.74) is 1.47. The van der Waals surface area contributed by atoms with Gasteiger partial charge in [-0.15, -0.1) is 4.31 Å². The van der Waals surface area contributed by atoms with Crippen LogP contribution in [0.1, 0.15) is 31.2 Å². The molecular weight excluding hydrogens is 466 g/mol. The molecular formula is C22H34ClN5O4S. The molecule has 11 heteroatoms. The van der Waals surface area contributed by atoms with Gasteiger partial charge in [-0.1, -0.05) is 30.3 Å². The van der Waals surface area contributed by atoms with E-state index >= 15 is 0 Å². The molecule has 2 aliphatic rings. The lowest BCUT2D eigenvalue weighted by atomic mass is 10.2. The average molecular weight is 500 g/mol. The van der Waals surface area contributed by atoms with Crippen molar-refractivity contribution < 1.29 is 20.0 Å². The van der Waals surface area contributed by atoms with Crippen LogP contribution in [0.4, 0.5) is 0 Å². The molecule has 2 atom stereocenters. The van der Waals surface area contributed by atoms with Crippen LogP contribution in [-0.2, 0) is 17.9 Å². The summed E-state index contributed by atoms with van der Waals surface area (Å²) in [5.74, 6) is 0.390. The molecule has 9 nitrogen and oxygen atoms in total. The Bertz CT molecular complexity index is 822. The van der Waals surface area contributed by atoms with Crippen LogP contribution in [0.3, 0.4) is 0 Å². The molecule has 0 bridgehead atoms. The van der Waals surface area contributed by atoms with Crippen LogP contribution >= 0.6 is 11.6 Å². The van der Waals surface area contributed by atoms with Crippen molar-refractivity contribution in [2.24, 2.45) is 0 Å². The summed E-state index contributed by atoms with van der Waals surface area (Å²) in [6.45, 7) is 5.67. The number of aliphatic hydroxyl groups is 2. The fraction of sp³-hybridized carbons (Fsp3) is 0.545. The Morgan fingerprint density at radius 3 is 2.52 bits per heavy atom. The standard InChI is InChI=1S/C22H34ClN5O4S/c1-16(24-11-3-13-29)20-21(26(2)31)25-22(27(20)15-17-5-7-18(23)8-6-17)33(32)28(12-4-14-30)19-9-10-19/h5-8,19,22,24-25,29-31H,1,3-4,9-15H2,2H3. The predicted molar refractivity (Wildman–Crippen MR) is 129 cm³/mol. The van der Waals surface area contributed by atoms with Gasteiger partial charge in [0.1, 0.15) is 5.70 Å². The van der Waals surface area contributed by atoms with Crippen LogP contribution < -0.4 is 10.6 Å². The highest BCUT2D eigenvalue weighted by Crippen LogP contribution is 2.36. The maximum Gasteiger partial charge on any atom is 0.286 e. The number of nitrogens with one attached hydrogen (secondary N) is 2. The fourth-order valence-electron chi connectivity index (χ4n) is 3.73. The van der Waals surface area contributed by atoms with E-state index in [-0.39, 0.29) is 19.3 Å². The lowest BCUT2D eigenvalue weighted by molar-refractivity contribution is -0.0347. The van der Waals surface area contributed by atoms with E-state index in [4.69, 9.17) is 16.7 Å². The summed E-state index contributed by atoms with van der Waals surface area (Å²) in [4.78, 5) is 1.93. The minimum absolute atomic E-state index is 0.0344. The number of hydrogen-bond donors (Lipinski definition) is 5. The minimum Gasteiger partial charge on any atom is -0.595 e. The first-order valence-corrected chi connectivity index (χ1v) is 12.7. The quantitative estimate of drug-likeness (QED) is 0.147. The molecule has 0 spiro atoms. The SMILES string of the molecule is C=C(NCCCO)C1=C(N(C)O)NC([S+]([O-])N(CCCO)C2CC2)N1Cc1ccc(Cl)cc1. The average Bonchev–Trinajstić information content (AvgIpc) is 3.55. The maximum absolute atomic E-state index is 13.8. The van der Waals surface area contributed by atoms with E-state index < -0.39 is 16.9 Å². The zero-order valence-electron chi connectivity index (χ0n) is 18.9. The minimum atomic E-state index is -1.47. The van der Waals surface area contributed by atoms with Crippen LogP contribution in [0.2, 0.25) is 5.02 Å². The number of rotatable bonds is 14. The van der Waals surface area contributed by atoms with Gasteiger partial charge in [0.15, 0.2) is 5.82 Å². The summed E-state index contributed by atoms with van der Waals surface area (Å²) >= 11 is 4.59. The molecule has 5 N–H and O–H groups in total. The van der Waals surface area contributed by atoms with Crippen molar-refractivity contribution in [2.45, 2.75) is 43.8 Å². The summed E-state index contributed by atoms with van der Waals surface area (Å²) < 4.78 is 15.7. The summed E-state index contributed by atoms with van der Waals surface area (Å²) in [7, 11) is 1.50. The zero-order chi connectivity index (χ0) is 24.0. The van der Waals surface area contributed by atoms with Gasteiger partial charge in [0.25, 0.3) is 5.50 Å². The highest BCUT2D eigenvalue weighted by Gasteiger charge is 2.47. The summed E-state index contributed by atoms with van der Waals surface area (Å²) in [6, 6.07) is 7.66. The topological polar surface area (TPSA) is 118 Å². The van der Waals surface area contributed by atoms with Crippen molar-refractivity contribution in [3.05, 3.63) is 58.6 Å². The van der Waals surface area contributed by atoms with Crippen molar-refractivity contribution in [1.29, 1.82) is 0 Å². The van der Waals surface area contributed by atoms with Gasteiger partial charge in [-0.25, -0.2) is 5.06 Å². The molecule has 1 heterocycles. The van der Waals surface area contributed by atoms with Crippen molar-refractivity contribution in [2.75, 3.05) is 33.4 Å². The third-order valence-electron chi connectivity index (χ3n) is 5.52. The van der Waals surface area contributed by atoms with E-state index in [9.17, 15) is 14.9 Å². The second kappa shape index (κ2) is 12.2. The second-order valence-corrected chi connectivity index (χ2v) is 10.1. The largest absolute Gasteiger partial charge is 0.595 e. The third-order valence-corrected chi connectivity index (χ3v) is 7.47. The lowest BCUT2D eigenvalue weighted by Gasteiger charge is -2.34. The normalized spacial score (nSPS) is 19.1. The first-order chi connectivity index (χ1) is 15.9. The molecule has 0 saturated heterocycles. The van der Waals surface area contributed by atoms with E-state index in [0.717, 1.165) is 23.5 Å². The third kappa shape index (κ3) is 6.69. The Balaban J connectivity index is 1.92.